The van der Waals surface area contributed by atoms with Crippen molar-refractivity contribution in [3.05, 3.63) is 12.4 Å². The summed E-state index contributed by atoms with van der Waals surface area (Å²) >= 11 is 0. The molecule has 0 aromatic heterocycles. The Morgan fingerprint density at radius 2 is 0.909 bits per heavy atom. The Morgan fingerprint density at radius 1 is 0.515 bits per heavy atom. The third kappa shape index (κ3) is 15.8. The molecule has 0 radical (unpaired) electrons. The van der Waals surface area contributed by atoms with Gasteiger partial charge in [-0.2, -0.15) is 0 Å². The molecule has 0 aliphatic carbocycles. The van der Waals surface area contributed by atoms with Crippen molar-refractivity contribution in [1.82, 2.24) is 9.80 Å². The van der Waals surface area contributed by atoms with E-state index in [1.165, 1.54) is 148 Å². The molecule has 33 heavy (non-hydrogen) atoms. The predicted molar refractivity (Wildman–Crippen MR) is 150 cm³/mol. The maximum Gasteiger partial charge on any atom is 0.101 e. The second-order valence-corrected chi connectivity index (χ2v) is 11.1. The fourth-order valence-electron chi connectivity index (χ4n) is 5.36. The minimum atomic E-state index is 0.608. The van der Waals surface area contributed by atoms with Gasteiger partial charge in [0.2, 0.25) is 0 Å². The SMILES string of the molecule is CCCCCCCCCCCCCCC1N(CCCCCCCCCCC)C=CN1C(C)C. The van der Waals surface area contributed by atoms with Crippen LogP contribution in [0.3, 0.4) is 0 Å². The lowest BCUT2D eigenvalue weighted by atomic mass is 10.0. The second-order valence-electron chi connectivity index (χ2n) is 11.1. The predicted octanol–water partition coefficient (Wildman–Crippen LogP) is 10.4. The van der Waals surface area contributed by atoms with Crippen molar-refractivity contribution in [3.8, 4) is 0 Å². The first kappa shape index (κ1) is 30.4. The molecule has 1 rings (SSSR count). The van der Waals surface area contributed by atoms with Gasteiger partial charge in [0.15, 0.2) is 0 Å². The second kappa shape index (κ2) is 21.8. The molecular weight excluding hydrogens is 400 g/mol. The van der Waals surface area contributed by atoms with E-state index >= 15 is 0 Å². The summed E-state index contributed by atoms with van der Waals surface area (Å²) in [6.07, 6.45) is 36.7. The average Bonchev–Trinajstić information content (AvgIpc) is 3.21. The fourth-order valence-corrected chi connectivity index (χ4v) is 5.36. The van der Waals surface area contributed by atoms with Crippen molar-refractivity contribution in [2.75, 3.05) is 6.54 Å². The fraction of sp³-hybridized carbons (Fsp3) is 0.935. The van der Waals surface area contributed by atoms with Gasteiger partial charge in [0.25, 0.3) is 0 Å². The molecule has 0 fully saturated rings. The van der Waals surface area contributed by atoms with Gasteiger partial charge in [0, 0.05) is 25.0 Å². The Bertz CT molecular complexity index is 431. The van der Waals surface area contributed by atoms with Crippen LogP contribution in [0.2, 0.25) is 0 Å². The largest absolute Gasteiger partial charge is 0.356 e. The smallest absolute Gasteiger partial charge is 0.101 e. The lowest BCUT2D eigenvalue weighted by Crippen LogP contribution is -2.42. The van der Waals surface area contributed by atoms with Gasteiger partial charge in [0.05, 0.1) is 0 Å². The quantitative estimate of drug-likeness (QED) is 0.132. The Labute approximate surface area is 210 Å². The normalized spacial score (nSPS) is 16.0. The van der Waals surface area contributed by atoms with E-state index < -0.39 is 0 Å². The van der Waals surface area contributed by atoms with Gasteiger partial charge in [0.1, 0.15) is 6.17 Å². The van der Waals surface area contributed by atoms with Crippen LogP contribution in [0.25, 0.3) is 0 Å². The monoisotopic (exact) mass is 462 g/mol. The molecule has 0 saturated carbocycles. The summed E-state index contributed by atoms with van der Waals surface area (Å²) in [7, 11) is 0. The molecule has 0 N–H and O–H groups in total. The van der Waals surface area contributed by atoms with E-state index in [2.05, 4.69) is 49.9 Å². The van der Waals surface area contributed by atoms with Gasteiger partial charge in [-0.3, -0.25) is 0 Å². The van der Waals surface area contributed by atoms with Gasteiger partial charge in [-0.05, 0) is 33.1 Å². The Morgan fingerprint density at radius 3 is 1.33 bits per heavy atom. The maximum absolute atomic E-state index is 2.65. The molecule has 1 aliphatic rings. The van der Waals surface area contributed by atoms with Crippen molar-refractivity contribution in [2.24, 2.45) is 0 Å². The van der Waals surface area contributed by atoms with Gasteiger partial charge >= 0.3 is 0 Å². The van der Waals surface area contributed by atoms with Crippen molar-refractivity contribution in [1.29, 1.82) is 0 Å². The summed E-state index contributed by atoms with van der Waals surface area (Å²) in [6.45, 7) is 10.6. The number of rotatable bonds is 24. The average molecular weight is 463 g/mol. The minimum absolute atomic E-state index is 0.608. The summed E-state index contributed by atoms with van der Waals surface area (Å²) in [5, 5.41) is 0. The van der Waals surface area contributed by atoms with E-state index in [1.807, 2.05) is 0 Å². The molecule has 1 atom stereocenters. The molecule has 2 nitrogen and oxygen atoms in total. The van der Waals surface area contributed by atoms with E-state index in [-0.39, 0.29) is 0 Å². The van der Waals surface area contributed by atoms with Gasteiger partial charge < -0.3 is 9.80 Å². The topological polar surface area (TPSA) is 6.48 Å². The van der Waals surface area contributed by atoms with Crippen LogP contribution in [0.4, 0.5) is 0 Å². The van der Waals surface area contributed by atoms with Crippen molar-refractivity contribution < 1.29 is 0 Å². The molecule has 0 bridgehead atoms. The molecule has 1 unspecified atom stereocenters. The van der Waals surface area contributed by atoms with E-state index in [4.69, 9.17) is 0 Å². The highest BCUT2D eigenvalue weighted by Gasteiger charge is 2.26. The summed E-state index contributed by atoms with van der Waals surface area (Å²) in [4.78, 5) is 5.26. The van der Waals surface area contributed by atoms with Crippen LogP contribution in [-0.4, -0.2) is 28.6 Å². The summed E-state index contributed by atoms with van der Waals surface area (Å²) in [5.41, 5.74) is 0. The Kier molecular flexibility index (Phi) is 20.1. The van der Waals surface area contributed by atoms with E-state index in [1.54, 1.807) is 0 Å². The number of hydrogen-bond donors (Lipinski definition) is 0. The van der Waals surface area contributed by atoms with Crippen LogP contribution >= 0.6 is 0 Å². The lowest BCUT2D eigenvalue weighted by molar-refractivity contribution is 0.114. The zero-order chi connectivity index (χ0) is 24.0. The number of hydrogen-bond acceptors (Lipinski definition) is 2. The molecule has 196 valence electrons. The lowest BCUT2D eigenvalue weighted by Gasteiger charge is -2.35. The molecule has 1 aliphatic heterocycles. The van der Waals surface area contributed by atoms with E-state index in [0.29, 0.717) is 12.2 Å². The Hall–Kier alpha value is -0.660. The first-order valence-electron chi connectivity index (χ1n) is 15.4. The number of unbranched alkanes of at least 4 members (excludes halogenated alkanes) is 19. The van der Waals surface area contributed by atoms with Crippen molar-refractivity contribution >= 4 is 0 Å². The molecule has 0 spiro atoms. The van der Waals surface area contributed by atoms with Gasteiger partial charge in [-0.1, -0.05) is 136 Å². The van der Waals surface area contributed by atoms with Crippen LogP contribution in [0.5, 0.6) is 0 Å². The first-order chi connectivity index (χ1) is 16.2. The molecule has 0 amide bonds. The third-order valence-electron chi connectivity index (χ3n) is 7.59. The van der Waals surface area contributed by atoms with Crippen LogP contribution < -0.4 is 0 Å². The van der Waals surface area contributed by atoms with E-state index in [0.717, 1.165) is 0 Å². The summed E-state index contributed by atoms with van der Waals surface area (Å²) in [6, 6.07) is 0.608. The zero-order valence-electron chi connectivity index (χ0n) is 23.5. The Balaban J connectivity index is 2.08. The maximum atomic E-state index is 2.65. The molecule has 0 aromatic rings. The number of nitrogens with zero attached hydrogens (tertiary/aromatic N) is 2. The summed E-state index contributed by atoms with van der Waals surface area (Å²) < 4.78 is 0. The molecule has 0 saturated heterocycles. The van der Waals surface area contributed by atoms with Crippen LogP contribution in [0.15, 0.2) is 12.4 Å². The first-order valence-corrected chi connectivity index (χ1v) is 15.4. The molecule has 2 heteroatoms. The van der Waals surface area contributed by atoms with Gasteiger partial charge in [-0.25, -0.2) is 0 Å². The van der Waals surface area contributed by atoms with Gasteiger partial charge in [-0.15, -0.1) is 0 Å². The highest BCUT2D eigenvalue weighted by atomic mass is 15.4. The zero-order valence-corrected chi connectivity index (χ0v) is 23.5. The summed E-state index contributed by atoms with van der Waals surface area (Å²) in [5.74, 6) is 0. The molecule has 1 heterocycles. The molecule has 0 aromatic carbocycles. The third-order valence-corrected chi connectivity index (χ3v) is 7.59. The van der Waals surface area contributed by atoms with E-state index in [9.17, 15) is 0 Å². The standard InChI is InChI=1S/C31H62N2/c1-5-7-9-11-13-15-16-17-18-20-22-24-26-31-32(28-29-33(31)30(3)4)27-25-23-21-19-14-12-10-8-6-2/h28-31H,5-27H2,1-4H3. The van der Waals surface area contributed by atoms with Crippen LogP contribution in [0.1, 0.15) is 169 Å². The highest BCUT2D eigenvalue weighted by molar-refractivity contribution is 4.98. The van der Waals surface area contributed by atoms with Crippen LogP contribution in [-0.2, 0) is 0 Å². The van der Waals surface area contributed by atoms with Crippen LogP contribution in [0, 0.1) is 0 Å². The molecular formula is C31H62N2. The van der Waals surface area contributed by atoms with Crippen molar-refractivity contribution in [2.45, 2.75) is 181 Å². The minimum Gasteiger partial charge on any atom is -0.356 e. The van der Waals surface area contributed by atoms with Crippen molar-refractivity contribution in [3.63, 3.8) is 0 Å². The highest BCUT2D eigenvalue weighted by Crippen LogP contribution is 2.25.